The van der Waals surface area contributed by atoms with E-state index >= 15 is 0 Å². The van der Waals surface area contributed by atoms with Gasteiger partial charge in [-0.2, -0.15) is 0 Å². The van der Waals surface area contributed by atoms with Gasteiger partial charge in [-0.3, -0.25) is 0 Å². The van der Waals surface area contributed by atoms with Crippen molar-refractivity contribution in [3.8, 4) is 0 Å². The molecule has 0 aliphatic heterocycles. The SMILES string of the molecule is CCCCCC=CCOC(=O)O. The van der Waals surface area contributed by atoms with Crippen LogP contribution in [0.5, 0.6) is 0 Å². The van der Waals surface area contributed by atoms with Crippen molar-refractivity contribution in [3.05, 3.63) is 12.2 Å². The maximum atomic E-state index is 9.88. The zero-order valence-corrected chi connectivity index (χ0v) is 7.45. The first-order chi connectivity index (χ1) is 5.77. The Morgan fingerprint density at radius 1 is 1.42 bits per heavy atom. The van der Waals surface area contributed by atoms with E-state index in [-0.39, 0.29) is 6.61 Å². The summed E-state index contributed by atoms with van der Waals surface area (Å²) in [6.45, 7) is 2.32. The molecular weight excluding hydrogens is 156 g/mol. The van der Waals surface area contributed by atoms with E-state index in [1.54, 1.807) is 6.08 Å². The van der Waals surface area contributed by atoms with Crippen molar-refractivity contribution >= 4 is 6.16 Å². The average Bonchev–Trinajstić information content (AvgIpc) is 2.02. The van der Waals surface area contributed by atoms with Crippen LogP contribution in [0.25, 0.3) is 0 Å². The predicted octanol–water partition coefficient (Wildman–Crippen LogP) is 2.82. The average molecular weight is 172 g/mol. The molecule has 0 atom stereocenters. The number of rotatable bonds is 6. The zero-order chi connectivity index (χ0) is 9.23. The maximum Gasteiger partial charge on any atom is 0.506 e. The summed E-state index contributed by atoms with van der Waals surface area (Å²) in [6.07, 6.45) is 7.09. The highest BCUT2D eigenvalue weighted by Gasteiger charge is 1.89. The molecule has 3 heteroatoms. The van der Waals surface area contributed by atoms with Crippen molar-refractivity contribution in [2.75, 3.05) is 6.61 Å². The minimum Gasteiger partial charge on any atom is -0.450 e. The van der Waals surface area contributed by atoms with Crippen LogP contribution in [-0.2, 0) is 4.74 Å². The molecule has 0 aliphatic rings. The van der Waals surface area contributed by atoms with Crippen molar-refractivity contribution in [2.45, 2.75) is 32.6 Å². The van der Waals surface area contributed by atoms with E-state index in [0.717, 1.165) is 6.42 Å². The Morgan fingerprint density at radius 3 is 2.75 bits per heavy atom. The highest BCUT2D eigenvalue weighted by atomic mass is 16.7. The number of unbranched alkanes of at least 4 members (excludes halogenated alkanes) is 3. The van der Waals surface area contributed by atoms with Gasteiger partial charge in [0, 0.05) is 0 Å². The summed E-state index contributed by atoms with van der Waals surface area (Å²) in [6, 6.07) is 0. The van der Waals surface area contributed by atoms with Crippen LogP contribution in [0.1, 0.15) is 32.6 Å². The summed E-state index contributed by atoms with van der Waals surface area (Å²) in [5.74, 6) is 0. The van der Waals surface area contributed by atoms with Crippen LogP contribution in [0, 0.1) is 0 Å². The fourth-order valence-electron chi connectivity index (χ4n) is 0.817. The van der Waals surface area contributed by atoms with Gasteiger partial charge >= 0.3 is 6.16 Å². The lowest BCUT2D eigenvalue weighted by Crippen LogP contribution is -1.98. The molecule has 0 unspecified atom stereocenters. The second-order valence-corrected chi connectivity index (χ2v) is 2.54. The van der Waals surface area contributed by atoms with Gasteiger partial charge in [-0.1, -0.05) is 31.9 Å². The molecule has 0 saturated carbocycles. The summed E-state index contributed by atoms with van der Waals surface area (Å²) < 4.78 is 4.28. The molecule has 0 saturated heterocycles. The van der Waals surface area contributed by atoms with Gasteiger partial charge in [0.1, 0.15) is 6.61 Å². The van der Waals surface area contributed by atoms with Crippen LogP contribution in [0.15, 0.2) is 12.2 Å². The molecule has 0 bridgehead atoms. The van der Waals surface area contributed by atoms with Gasteiger partial charge in [-0.05, 0) is 12.8 Å². The van der Waals surface area contributed by atoms with Crippen molar-refractivity contribution in [1.29, 1.82) is 0 Å². The molecular formula is C9H16O3. The van der Waals surface area contributed by atoms with Crippen molar-refractivity contribution in [1.82, 2.24) is 0 Å². The largest absolute Gasteiger partial charge is 0.506 e. The van der Waals surface area contributed by atoms with Crippen molar-refractivity contribution in [2.24, 2.45) is 0 Å². The Hall–Kier alpha value is -0.990. The molecule has 0 amide bonds. The number of hydrogen-bond donors (Lipinski definition) is 1. The van der Waals surface area contributed by atoms with Gasteiger partial charge < -0.3 is 9.84 Å². The molecule has 0 radical (unpaired) electrons. The van der Waals surface area contributed by atoms with Crippen molar-refractivity contribution in [3.63, 3.8) is 0 Å². The predicted molar refractivity (Wildman–Crippen MR) is 47.3 cm³/mol. The summed E-state index contributed by atoms with van der Waals surface area (Å²) in [5, 5.41) is 8.10. The highest BCUT2D eigenvalue weighted by Crippen LogP contribution is 1.99. The summed E-state index contributed by atoms with van der Waals surface area (Å²) in [5.41, 5.74) is 0. The first-order valence-electron chi connectivity index (χ1n) is 4.28. The fourth-order valence-corrected chi connectivity index (χ4v) is 0.817. The molecule has 12 heavy (non-hydrogen) atoms. The Balaban J connectivity index is 3.09. The van der Waals surface area contributed by atoms with E-state index in [2.05, 4.69) is 11.7 Å². The Labute approximate surface area is 73.0 Å². The first-order valence-corrected chi connectivity index (χ1v) is 4.28. The number of hydrogen-bond acceptors (Lipinski definition) is 2. The maximum absolute atomic E-state index is 9.88. The Morgan fingerprint density at radius 2 is 2.17 bits per heavy atom. The summed E-state index contributed by atoms with van der Waals surface area (Å²) in [7, 11) is 0. The monoisotopic (exact) mass is 172 g/mol. The minimum absolute atomic E-state index is 0.168. The molecule has 0 spiro atoms. The van der Waals surface area contributed by atoms with Crippen LogP contribution in [0.4, 0.5) is 4.79 Å². The number of carboxylic acid groups (broad SMARTS) is 1. The summed E-state index contributed by atoms with van der Waals surface area (Å²) in [4.78, 5) is 9.88. The standard InChI is InChI=1S/C9H16O3/c1-2-3-4-5-6-7-8-12-9(10)11/h6-7H,2-5,8H2,1H3,(H,10,11). The number of allylic oxidation sites excluding steroid dienone is 1. The molecule has 0 heterocycles. The van der Waals surface area contributed by atoms with E-state index < -0.39 is 6.16 Å². The lowest BCUT2D eigenvalue weighted by molar-refractivity contribution is 0.102. The lowest BCUT2D eigenvalue weighted by atomic mass is 10.2. The Kier molecular flexibility index (Phi) is 7.44. The number of carbonyl (C=O) groups is 1. The van der Waals surface area contributed by atoms with E-state index in [1.807, 2.05) is 6.08 Å². The van der Waals surface area contributed by atoms with E-state index in [1.165, 1.54) is 19.3 Å². The molecule has 0 fully saturated rings. The van der Waals surface area contributed by atoms with Gasteiger partial charge in [0.25, 0.3) is 0 Å². The van der Waals surface area contributed by atoms with Crippen LogP contribution in [-0.4, -0.2) is 17.9 Å². The second kappa shape index (κ2) is 8.11. The lowest BCUT2D eigenvalue weighted by Gasteiger charge is -1.93. The van der Waals surface area contributed by atoms with Gasteiger partial charge in [-0.15, -0.1) is 0 Å². The summed E-state index contributed by atoms with van der Waals surface area (Å²) >= 11 is 0. The van der Waals surface area contributed by atoms with E-state index in [9.17, 15) is 4.79 Å². The molecule has 70 valence electrons. The number of ether oxygens (including phenoxy) is 1. The zero-order valence-electron chi connectivity index (χ0n) is 7.45. The van der Waals surface area contributed by atoms with Gasteiger partial charge in [0.2, 0.25) is 0 Å². The first kappa shape index (κ1) is 11.0. The third-order valence-electron chi connectivity index (χ3n) is 1.44. The molecule has 0 rings (SSSR count). The van der Waals surface area contributed by atoms with E-state index in [4.69, 9.17) is 5.11 Å². The van der Waals surface area contributed by atoms with Gasteiger partial charge in [0.15, 0.2) is 0 Å². The van der Waals surface area contributed by atoms with Crippen LogP contribution in [0.2, 0.25) is 0 Å². The smallest absolute Gasteiger partial charge is 0.450 e. The third kappa shape index (κ3) is 9.01. The molecule has 0 aromatic carbocycles. The normalized spacial score (nSPS) is 10.4. The highest BCUT2D eigenvalue weighted by molar-refractivity contribution is 5.56. The van der Waals surface area contributed by atoms with Gasteiger partial charge in [0.05, 0.1) is 0 Å². The molecule has 0 aliphatic carbocycles. The fraction of sp³-hybridized carbons (Fsp3) is 0.667. The van der Waals surface area contributed by atoms with Crippen molar-refractivity contribution < 1.29 is 14.6 Å². The van der Waals surface area contributed by atoms with Gasteiger partial charge in [-0.25, -0.2) is 4.79 Å². The molecule has 0 aromatic heterocycles. The topological polar surface area (TPSA) is 46.5 Å². The van der Waals surface area contributed by atoms with Crippen LogP contribution in [0.3, 0.4) is 0 Å². The molecule has 1 N–H and O–H groups in total. The van der Waals surface area contributed by atoms with E-state index in [0.29, 0.717) is 0 Å². The van der Waals surface area contributed by atoms with Crippen LogP contribution < -0.4 is 0 Å². The molecule has 0 aromatic rings. The Bertz CT molecular complexity index is 141. The molecule has 3 nitrogen and oxygen atoms in total. The second-order valence-electron chi connectivity index (χ2n) is 2.54. The third-order valence-corrected chi connectivity index (χ3v) is 1.44. The quantitative estimate of drug-likeness (QED) is 0.380. The van der Waals surface area contributed by atoms with Crippen LogP contribution >= 0.6 is 0 Å². The minimum atomic E-state index is -1.21.